The number of aromatic nitrogens is 2. The minimum atomic E-state index is -0.135. The van der Waals surface area contributed by atoms with Crippen molar-refractivity contribution in [2.75, 3.05) is 13.6 Å². The fraction of sp³-hybridized carbons (Fsp3) is 0.400. The van der Waals surface area contributed by atoms with Crippen LogP contribution in [0.5, 0.6) is 0 Å². The van der Waals surface area contributed by atoms with Crippen LogP contribution in [-0.2, 0) is 0 Å². The summed E-state index contributed by atoms with van der Waals surface area (Å²) in [5.74, 6) is -0.141. The van der Waals surface area contributed by atoms with Crippen LogP contribution in [0.2, 0.25) is 0 Å². The maximum Gasteiger partial charge on any atom is 0.256 e. The van der Waals surface area contributed by atoms with Crippen molar-refractivity contribution < 1.29 is 4.79 Å². The highest BCUT2D eigenvalue weighted by Crippen LogP contribution is 2.04. The molecule has 6 heteroatoms. The Balaban J connectivity index is 2.65. The van der Waals surface area contributed by atoms with Crippen molar-refractivity contribution in [1.82, 2.24) is 14.9 Å². The zero-order chi connectivity index (χ0) is 12.1. The van der Waals surface area contributed by atoms with Crippen molar-refractivity contribution in [2.24, 2.45) is 11.7 Å². The molecule has 0 saturated heterocycles. The lowest BCUT2D eigenvalue weighted by atomic mass is 10.1. The minimum absolute atomic E-state index is 0.00594. The van der Waals surface area contributed by atoms with Gasteiger partial charge in [0.2, 0.25) is 0 Å². The Morgan fingerprint density at radius 1 is 1.56 bits per heavy atom. The lowest BCUT2D eigenvalue weighted by Crippen LogP contribution is -2.35. The molecule has 0 aromatic carbocycles. The van der Waals surface area contributed by atoms with Gasteiger partial charge in [-0.25, -0.2) is 9.97 Å². The first-order valence-corrected chi connectivity index (χ1v) is 5.23. The first kappa shape index (κ1) is 12.5. The summed E-state index contributed by atoms with van der Waals surface area (Å²) in [4.78, 5) is 21.4. The number of nitrogens with zero attached hydrogens (tertiary/aromatic N) is 3. The van der Waals surface area contributed by atoms with Crippen molar-refractivity contribution in [3.8, 4) is 0 Å². The van der Waals surface area contributed by atoms with Crippen LogP contribution in [-0.4, -0.2) is 39.4 Å². The standard InChI is InChI=1S/C10H14N4OS/c1-7(9(11)16)5-14(2)10(15)8-3-12-6-13-4-8/h3-4,6-7H,5H2,1-2H3,(H2,11,16). The summed E-state index contributed by atoms with van der Waals surface area (Å²) in [6, 6.07) is 0. The van der Waals surface area contributed by atoms with E-state index in [1.807, 2.05) is 6.92 Å². The van der Waals surface area contributed by atoms with Crippen LogP contribution in [0, 0.1) is 5.92 Å². The van der Waals surface area contributed by atoms with Crippen LogP contribution in [0.3, 0.4) is 0 Å². The monoisotopic (exact) mass is 238 g/mol. The van der Waals surface area contributed by atoms with Gasteiger partial charge < -0.3 is 10.6 Å². The summed E-state index contributed by atoms with van der Waals surface area (Å²) in [6.07, 6.45) is 4.35. The van der Waals surface area contributed by atoms with Crippen LogP contribution in [0.15, 0.2) is 18.7 Å². The third-order valence-corrected chi connectivity index (χ3v) is 2.59. The zero-order valence-electron chi connectivity index (χ0n) is 9.25. The maximum atomic E-state index is 11.9. The Hall–Kier alpha value is -1.56. The van der Waals surface area contributed by atoms with E-state index in [1.165, 1.54) is 18.7 Å². The predicted molar refractivity (Wildman–Crippen MR) is 64.9 cm³/mol. The van der Waals surface area contributed by atoms with Gasteiger partial charge in [-0.2, -0.15) is 0 Å². The quantitative estimate of drug-likeness (QED) is 0.772. The fourth-order valence-corrected chi connectivity index (χ4v) is 1.29. The van der Waals surface area contributed by atoms with Crippen molar-refractivity contribution in [3.05, 3.63) is 24.3 Å². The second-order valence-electron chi connectivity index (χ2n) is 3.62. The third kappa shape index (κ3) is 3.23. The fourth-order valence-electron chi connectivity index (χ4n) is 1.21. The second kappa shape index (κ2) is 5.50. The lowest BCUT2D eigenvalue weighted by molar-refractivity contribution is 0.0786. The Bertz CT molecular complexity index is 382. The molecular formula is C10H14N4OS. The molecule has 0 fully saturated rings. The number of carbonyl (C=O) groups excluding carboxylic acids is 1. The largest absolute Gasteiger partial charge is 0.393 e. The van der Waals surface area contributed by atoms with E-state index in [2.05, 4.69) is 9.97 Å². The van der Waals surface area contributed by atoms with Gasteiger partial charge in [-0.15, -0.1) is 0 Å². The minimum Gasteiger partial charge on any atom is -0.393 e. The number of rotatable bonds is 4. The van der Waals surface area contributed by atoms with E-state index in [-0.39, 0.29) is 11.8 Å². The molecule has 1 rings (SSSR count). The molecule has 2 N–H and O–H groups in total. The number of amides is 1. The Morgan fingerprint density at radius 3 is 2.62 bits per heavy atom. The van der Waals surface area contributed by atoms with Gasteiger partial charge in [0, 0.05) is 31.9 Å². The number of carbonyl (C=O) groups is 1. The first-order valence-electron chi connectivity index (χ1n) is 4.82. The molecule has 1 unspecified atom stereocenters. The van der Waals surface area contributed by atoms with Crippen molar-refractivity contribution in [3.63, 3.8) is 0 Å². The molecule has 1 heterocycles. The van der Waals surface area contributed by atoms with Gasteiger partial charge in [0.25, 0.3) is 5.91 Å². The highest BCUT2D eigenvalue weighted by atomic mass is 32.1. The van der Waals surface area contributed by atoms with Crippen LogP contribution in [0.1, 0.15) is 17.3 Å². The highest BCUT2D eigenvalue weighted by Gasteiger charge is 2.15. The van der Waals surface area contributed by atoms with Crippen molar-refractivity contribution >= 4 is 23.1 Å². The molecule has 1 aromatic rings. The number of hydrogen-bond acceptors (Lipinski definition) is 4. The molecule has 86 valence electrons. The van der Waals surface area contributed by atoms with Crippen LogP contribution < -0.4 is 5.73 Å². The number of thiocarbonyl (C=S) groups is 1. The molecular weight excluding hydrogens is 224 g/mol. The van der Waals surface area contributed by atoms with Gasteiger partial charge in [-0.1, -0.05) is 19.1 Å². The number of hydrogen-bond donors (Lipinski definition) is 1. The molecule has 1 atom stereocenters. The molecule has 0 radical (unpaired) electrons. The topological polar surface area (TPSA) is 72.1 Å². The molecule has 0 saturated carbocycles. The van der Waals surface area contributed by atoms with Crippen LogP contribution >= 0.6 is 12.2 Å². The summed E-state index contributed by atoms with van der Waals surface area (Å²) in [6.45, 7) is 2.37. The predicted octanol–water partition coefficient (Wildman–Crippen LogP) is 0.471. The lowest BCUT2D eigenvalue weighted by Gasteiger charge is -2.20. The first-order chi connectivity index (χ1) is 7.52. The van der Waals surface area contributed by atoms with E-state index in [1.54, 1.807) is 11.9 Å². The Morgan fingerprint density at radius 2 is 2.12 bits per heavy atom. The molecule has 1 amide bonds. The van der Waals surface area contributed by atoms with Gasteiger partial charge in [0.15, 0.2) is 0 Å². The average Bonchev–Trinajstić information content (AvgIpc) is 2.28. The van der Waals surface area contributed by atoms with Gasteiger partial charge >= 0.3 is 0 Å². The molecule has 16 heavy (non-hydrogen) atoms. The zero-order valence-corrected chi connectivity index (χ0v) is 10.1. The van der Waals surface area contributed by atoms with Crippen LogP contribution in [0.25, 0.3) is 0 Å². The van der Waals surface area contributed by atoms with E-state index in [0.717, 1.165) is 0 Å². The normalized spacial score (nSPS) is 11.9. The molecule has 1 aromatic heterocycles. The SMILES string of the molecule is CC(CN(C)C(=O)c1cncnc1)C(N)=S. The maximum absolute atomic E-state index is 11.9. The molecule has 0 aliphatic carbocycles. The molecule has 0 bridgehead atoms. The van der Waals surface area contributed by atoms with Gasteiger partial charge in [0.1, 0.15) is 6.33 Å². The average molecular weight is 238 g/mol. The molecule has 0 aliphatic rings. The third-order valence-electron chi connectivity index (χ3n) is 2.19. The highest BCUT2D eigenvalue weighted by molar-refractivity contribution is 7.80. The number of nitrogens with two attached hydrogens (primary N) is 1. The Labute approximate surface area is 99.7 Å². The van der Waals surface area contributed by atoms with E-state index >= 15 is 0 Å². The van der Waals surface area contributed by atoms with E-state index < -0.39 is 0 Å². The van der Waals surface area contributed by atoms with Gasteiger partial charge in [-0.05, 0) is 0 Å². The summed E-state index contributed by atoms with van der Waals surface area (Å²) < 4.78 is 0. The molecule has 0 aliphatic heterocycles. The van der Waals surface area contributed by atoms with Crippen molar-refractivity contribution in [1.29, 1.82) is 0 Å². The van der Waals surface area contributed by atoms with Crippen molar-refractivity contribution in [2.45, 2.75) is 6.92 Å². The summed E-state index contributed by atoms with van der Waals surface area (Å²) in [5, 5.41) is 0. The second-order valence-corrected chi connectivity index (χ2v) is 4.09. The molecule has 5 nitrogen and oxygen atoms in total. The van der Waals surface area contributed by atoms with E-state index in [4.69, 9.17) is 18.0 Å². The van der Waals surface area contributed by atoms with Gasteiger partial charge in [-0.3, -0.25) is 4.79 Å². The van der Waals surface area contributed by atoms with E-state index in [0.29, 0.717) is 17.1 Å². The molecule has 0 spiro atoms. The van der Waals surface area contributed by atoms with Gasteiger partial charge in [0.05, 0.1) is 10.6 Å². The summed E-state index contributed by atoms with van der Waals surface area (Å²) in [5.41, 5.74) is 5.95. The van der Waals surface area contributed by atoms with E-state index in [9.17, 15) is 4.79 Å². The summed E-state index contributed by atoms with van der Waals surface area (Å²) in [7, 11) is 1.70. The summed E-state index contributed by atoms with van der Waals surface area (Å²) >= 11 is 4.85. The Kier molecular flexibility index (Phi) is 4.30. The van der Waals surface area contributed by atoms with Crippen LogP contribution in [0.4, 0.5) is 0 Å². The smallest absolute Gasteiger partial charge is 0.256 e.